The van der Waals surface area contributed by atoms with E-state index in [1.165, 1.54) is 4.90 Å². The van der Waals surface area contributed by atoms with E-state index in [-0.39, 0.29) is 42.5 Å². The number of para-hydroxylation sites is 1. The van der Waals surface area contributed by atoms with Crippen LogP contribution in [0.25, 0.3) is 0 Å². The zero-order valence-corrected chi connectivity index (χ0v) is 28.9. The number of anilines is 1. The topological polar surface area (TPSA) is 163 Å². The molecule has 12 heteroatoms. The number of hydrogen-bond donors (Lipinski definition) is 4. The molecule has 1 aromatic carbocycles. The number of ketones is 1. The minimum absolute atomic E-state index is 0.0528. The summed E-state index contributed by atoms with van der Waals surface area (Å²) in [5.74, 6) is -3.19. The lowest BCUT2D eigenvalue weighted by Gasteiger charge is -2.38. The lowest BCUT2D eigenvalue weighted by Crippen LogP contribution is -2.60. The minimum atomic E-state index is -1.17. The molecule has 2 aliphatic rings. The summed E-state index contributed by atoms with van der Waals surface area (Å²) in [7, 11) is 0. The van der Waals surface area contributed by atoms with E-state index in [4.69, 9.17) is 4.74 Å². The molecule has 1 aliphatic heterocycles. The monoisotopic (exact) mass is 653 g/mol. The highest BCUT2D eigenvalue weighted by Gasteiger charge is 2.70. The van der Waals surface area contributed by atoms with Gasteiger partial charge in [0.15, 0.2) is 0 Å². The van der Waals surface area contributed by atoms with Gasteiger partial charge in [0, 0.05) is 25.2 Å². The summed E-state index contributed by atoms with van der Waals surface area (Å²) >= 11 is 0. The van der Waals surface area contributed by atoms with E-state index in [0.717, 1.165) is 0 Å². The van der Waals surface area contributed by atoms with Crippen LogP contribution in [0.4, 0.5) is 10.5 Å². The highest BCUT2D eigenvalue weighted by molar-refractivity contribution is 6.38. The van der Waals surface area contributed by atoms with Gasteiger partial charge in [0.2, 0.25) is 23.5 Å². The summed E-state index contributed by atoms with van der Waals surface area (Å²) in [5.41, 5.74) is -1.09. The Morgan fingerprint density at radius 2 is 1.66 bits per heavy atom. The molecule has 1 aliphatic carbocycles. The second-order valence-corrected chi connectivity index (χ2v) is 15.0. The van der Waals surface area contributed by atoms with Gasteiger partial charge in [-0.05, 0) is 68.4 Å². The molecule has 1 heterocycles. The maximum absolute atomic E-state index is 14.1. The van der Waals surface area contributed by atoms with Crippen LogP contribution < -0.4 is 21.3 Å². The van der Waals surface area contributed by atoms with Crippen molar-refractivity contribution in [1.82, 2.24) is 20.9 Å². The number of fused-ring (bicyclic) bond motifs is 1. The summed E-state index contributed by atoms with van der Waals surface area (Å²) in [4.78, 5) is 80.6. The van der Waals surface area contributed by atoms with Gasteiger partial charge in [-0.3, -0.25) is 24.0 Å². The summed E-state index contributed by atoms with van der Waals surface area (Å²) in [6, 6.07) is 5.78. The van der Waals surface area contributed by atoms with Gasteiger partial charge in [-0.2, -0.15) is 0 Å². The van der Waals surface area contributed by atoms with Gasteiger partial charge in [0.25, 0.3) is 5.91 Å². The van der Waals surface area contributed by atoms with Gasteiger partial charge in [0.05, 0.1) is 6.04 Å². The van der Waals surface area contributed by atoms with E-state index in [1.807, 2.05) is 40.7 Å². The van der Waals surface area contributed by atoms with Crippen molar-refractivity contribution < 1.29 is 33.5 Å². The molecule has 3 unspecified atom stereocenters. The molecule has 0 aromatic heterocycles. The Morgan fingerprint density at radius 3 is 2.23 bits per heavy atom. The van der Waals surface area contributed by atoms with E-state index >= 15 is 0 Å². The van der Waals surface area contributed by atoms with Crippen molar-refractivity contribution in [2.75, 3.05) is 18.4 Å². The summed E-state index contributed by atoms with van der Waals surface area (Å²) < 4.78 is 5.41. The van der Waals surface area contributed by atoms with Gasteiger partial charge in [-0.15, -0.1) is 6.58 Å². The lowest BCUT2D eigenvalue weighted by atomic mass is 9.85. The number of nitrogens with one attached hydrogen (secondary N) is 4. The average molecular weight is 654 g/mol. The summed E-state index contributed by atoms with van der Waals surface area (Å²) in [6.07, 6.45) is 1.26. The fourth-order valence-corrected chi connectivity index (χ4v) is 6.14. The second-order valence-electron chi connectivity index (χ2n) is 15.0. The maximum Gasteiger partial charge on any atom is 0.408 e. The van der Waals surface area contributed by atoms with Crippen molar-refractivity contribution in [2.45, 2.75) is 98.4 Å². The smallest absolute Gasteiger partial charge is 0.408 e. The maximum atomic E-state index is 14.1. The Morgan fingerprint density at radius 1 is 1.02 bits per heavy atom. The molecule has 1 aromatic rings. The number of carbonyl (C=O) groups is 6. The standard InChI is InChI=1S/C35H51N5O7/c1-10-11-17-23(27(42)30(44)36-19-18-24(41)37-21-15-13-12-14-16-21)38-29(43)26-25-22(35(25,8)9)20-40(26)31(45)28(33(2,3)4)39-32(46)47-34(5,6)7/h10,12-16,22-23,25-26,28H,1,11,17-20H2,2-9H3,(H,36,44)(H,37,41)(H,38,43)(H,39,46)/t22?,23?,25?,26-,28+/m0/s1. The molecular formula is C35H51N5O7. The first kappa shape index (κ1) is 37.2. The molecule has 1 saturated carbocycles. The molecule has 0 spiro atoms. The largest absolute Gasteiger partial charge is 0.444 e. The molecule has 3 rings (SSSR count). The van der Waals surface area contributed by atoms with Crippen LogP contribution in [-0.2, 0) is 28.7 Å². The SMILES string of the molecule is C=CCCC(NC(=O)[C@@H]1C2C(CN1C(=O)[C@@H](NC(=O)OC(C)(C)C)C(C)(C)C)C2(C)C)C(=O)C(=O)NCCC(=O)Nc1ccccc1. The quantitative estimate of drug-likeness (QED) is 0.187. The fraction of sp³-hybridized carbons (Fsp3) is 0.600. The number of hydrogen-bond acceptors (Lipinski definition) is 7. The van der Waals surface area contributed by atoms with Gasteiger partial charge in [-0.25, -0.2) is 4.79 Å². The van der Waals surface area contributed by atoms with E-state index in [9.17, 15) is 28.8 Å². The first-order valence-corrected chi connectivity index (χ1v) is 16.2. The zero-order valence-electron chi connectivity index (χ0n) is 28.9. The molecule has 1 saturated heterocycles. The summed E-state index contributed by atoms with van der Waals surface area (Å²) in [5, 5.41) is 10.7. The number of amides is 5. The van der Waals surface area contributed by atoms with Crippen molar-refractivity contribution in [3.05, 3.63) is 43.0 Å². The van der Waals surface area contributed by atoms with Gasteiger partial charge in [-0.1, -0.05) is 58.9 Å². The predicted molar refractivity (Wildman–Crippen MR) is 178 cm³/mol. The minimum Gasteiger partial charge on any atom is -0.444 e. The van der Waals surface area contributed by atoms with Crippen LogP contribution in [0.1, 0.15) is 74.7 Å². The third-order valence-corrected chi connectivity index (χ3v) is 8.75. The van der Waals surface area contributed by atoms with Crippen LogP contribution >= 0.6 is 0 Å². The van der Waals surface area contributed by atoms with Crippen LogP contribution in [-0.4, -0.2) is 77.2 Å². The number of ether oxygens (including phenoxy) is 1. The van der Waals surface area contributed by atoms with Crippen LogP contribution in [0.2, 0.25) is 0 Å². The Labute approximate surface area is 277 Å². The number of Topliss-reactive ketones (excluding diaryl/α,β-unsaturated/α-hetero) is 1. The Bertz CT molecular complexity index is 1360. The zero-order chi connectivity index (χ0) is 35.3. The number of nitrogens with zero attached hydrogens (tertiary/aromatic N) is 1. The van der Waals surface area contributed by atoms with Crippen molar-refractivity contribution in [2.24, 2.45) is 22.7 Å². The number of alkyl carbamates (subject to hydrolysis) is 1. The third kappa shape index (κ3) is 9.65. The van der Waals surface area contributed by atoms with Gasteiger partial charge >= 0.3 is 6.09 Å². The number of likely N-dealkylation sites (tertiary alicyclic amines) is 1. The number of piperidine rings is 1. The van der Waals surface area contributed by atoms with Crippen LogP contribution in [0.15, 0.2) is 43.0 Å². The third-order valence-electron chi connectivity index (χ3n) is 8.75. The summed E-state index contributed by atoms with van der Waals surface area (Å²) in [6.45, 7) is 18.6. The van der Waals surface area contributed by atoms with Crippen LogP contribution in [0.3, 0.4) is 0 Å². The first-order chi connectivity index (χ1) is 21.8. The highest BCUT2D eigenvalue weighted by atomic mass is 16.6. The van der Waals surface area contributed by atoms with E-state index in [2.05, 4.69) is 27.8 Å². The molecule has 47 heavy (non-hydrogen) atoms. The normalized spacial score (nSPS) is 20.9. The van der Waals surface area contributed by atoms with Crippen molar-refractivity contribution in [3.63, 3.8) is 0 Å². The van der Waals surface area contributed by atoms with Gasteiger partial charge < -0.3 is 30.9 Å². The number of carbonyl (C=O) groups excluding carboxylic acids is 6. The molecule has 0 bridgehead atoms. The van der Waals surface area contributed by atoms with Crippen LogP contribution in [0, 0.1) is 22.7 Å². The number of allylic oxidation sites excluding steroid dienone is 1. The molecule has 4 N–H and O–H groups in total. The molecule has 12 nitrogen and oxygen atoms in total. The van der Waals surface area contributed by atoms with Crippen LogP contribution in [0.5, 0.6) is 0 Å². The van der Waals surface area contributed by atoms with Crippen molar-refractivity contribution >= 4 is 41.2 Å². The number of benzene rings is 1. The van der Waals surface area contributed by atoms with Crippen molar-refractivity contribution in [1.29, 1.82) is 0 Å². The van der Waals surface area contributed by atoms with Gasteiger partial charge in [0.1, 0.15) is 17.7 Å². The Hall–Kier alpha value is -4.22. The lowest BCUT2D eigenvalue weighted by molar-refractivity contribution is -0.145. The first-order valence-electron chi connectivity index (χ1n) is 16.2. The van der Waals surface area contributed by atoms with Crippen molar-refractivity contribution in [3.8, 4) is 0 Å². The molecule has 5 amide bonds. The molecular weight excluding hydrogens is 602 g/mol. The Balaban J connectivity index is 1.72. The molecule has 258 valence electrons. The van der Waals surface area contributed by atoms with E-state index < -0.39 is 58.7 Å². The molecule has 2 fully saturated rings. The Kier molecular flexibility index (Phi) is 11.6. The van der Waals surface area contributed by atoms with E-state index in [1.54, 1.807) is 51.1 Å². The van der Waals surface area contributed by atoms with E-state index in [0.29, 0.717) is 18.7 Å². The fourth-order valence-electron chi connectivity index (χ4n) is 6.14. The molecule has 0 radical (unpaired) electrons. The number of rotatable bonds is 13. The second kappa shape index (κ2) is 14.7. The highest BCUT2D eigenvalue weighted by Crippen LogP contribution is 2.65. The predicted octanol–water partition coefficient (Wildman–Crippen LogP) is 3.57. The average Bonchev–Trinajstić information content (AvgIpc) is 3.27. The molecule has 5 atom stereocenters.